The molecule has 1 fully saturated rings. The van der Waals surface area contributed by atoms with Crippen LogP contribution in [0.1, 0.15) is 36.8 Å². The van der Waals surface area contributed by atoms with Crippen molar-refractivity contribution >= 4 is 35.8 Å². The Morgan fingerprint density at radius 3 is 2.70 bits per heavy atom. The molecule has 3 N–H and O–H groups in total. The van der Waals surface area contributed by atoms with E-state index in [9.17, 15) is 13.6 Å². The summed E-state index contributed by atoms with van der Waals surface area (Å²) in [6.45, 7) is -0.0943. The van der Waals surface area contributed by atoms with Gasteiger partial charge < -0.3 is 20.7 Å². The minimum absolute atomic E-state index is 0. The van der Waals surface area contributed by atoms with Crippen LogP contribution in [-0.4, -0.2) is 38.1 Å². The van der Waals surface area contributed by atoms with Gasteiger partial charge in [-0.15, -0.1) is 24.0 Å². The summed E-state index contributed by atoms with van der Waals surface area (Å²) >= 11 is 0. The number of carbonyl (C=O) groups excluding carboxylic acids is 1. The molecule has 1 aliphatic rings. The van der Waals surface area contributed by atoms with E-state index in [-0.39, 0.29) is 35.6 Å². The van der Waals surface area contributed by atoms with E-state index >= 15 is 0 Å². The van der Waals surface area contributed by atoms with Gasteiger partial charge in [-0.2, -0.15) is 8.78 Å². The summed E-state index contributed by atoms with van der Waals surface area (Å²) < 4.78 is 29.6. The zero-order valence-electron chi connectivity index (χ0n) is 15.6. The third kappa shape index (κ3) is 9.21. The summed E-state index contributed by atoms with van der Waals surface area (Å²) in [7, 11) is 1.63. The van der Waals surface area contributed by atoms with Crippen LogP contribution in [0.2, 0.25) is 0 Å². The van der Waals surface area contributed by atoms with Crippen molar-refractivity contribution in [2.75, 3.05) is 13.6 Å². The summed E-state index contributed by atoms with van der Waals surface area (Å²) in [5.41, 5.74) is 1.57. The monoisotopic (exact) mass is 496 g/mol. The number of guanidine groups is 1. The second-order valence-electron chi connectivity index (χ2n) is 6.29. The van der Waals surface area contributed by atoms with Gasteiger partial charge in [-0.3, -0.25) is 9.79 Å². The summed E-state index contributed by atoms with van der Waals surface area (Å²) in [6, 6.07) is 5.43. The number of carbonyl (C=O) groups is 1. The van der Waals surface area contributed by atoms with E-state index in [1.54, 1.807) is 19.2 Å². The maximum atomic E-state index is 12.5. The molecule has 0 aromatic heterocycles. The first-order valence-electron chi connectivity index (χ1n) is 8.76. The van der Waals surface area contributed by atoms with E-state index < -0.39 is 6.61 Å². The van der Waals surface area contributed by atoms with E-state index in [1.807, 2.05) is 6.92 Å². The Morgan fingerprint density at radius 2 is 2.07 bits per heavy atom. The van der Waals surface area contributed by atoms with Crippen LogP contribution in [0, 0.1) is 6.92 Å². The second-order valence-corrected chi connectivity index (χ2v) is 6.29. The van der Waals surface area contributed by atoms with Gasteiger partial charge in [0.15, 0.2) is 5.96 Å². The number of benzene rings is 1. The maximum absolute atomic E-state index is 12.5. The Balaban J connectivity index is 0.00000364. The number of hydrogen-bond donors (Lipinski definition) is 3. The lowest BCUT2D eigenvalue weighted by Crippen LogP contribution is -2.37. The molecule has 0 bridgehead atoms. The SMILES string of the molecule is CN=C(NCCCC(=O)NC1CC1)NCc1cc(C)ccc1OC(F)F.I. The highest BCUT2D eigenvalue weighted by molar-refractivity contribution is 14.0. The van der Waals surface area contributed by atoms with Gasteiger partial charge in [0.1, 0.15) is 5.75 Å². The molecule has 152 valence electrons. The lowest BCUT2D eigenvalue weighted by Gasteiger charge is -2.15. The van der Waals surface area contributed by atoms with Crippen LogP contribution in [0.5, 0.6) is 5.75 Å². The van der Waals surface area contributed by atoms with Crippen LogP contribution in [-0.2, 0) is 11.3 Å². The number of hydrogen-bond acceptors (Lipinski definition) is 3. The van der Waals surface area contributed by atoms with Gasteiger partial charge in [-0.1, -0.05) is 17.7 Å². The normalized spacial score (nSPS) is 13.7. The van der Waals surface area contributed by atoms with E-state index in [2.05, 4.69) is 25.7 Å². The van der Waals surface area contributed by atoms with E-state index in [4.69, 9.17) is 0 Å². The molecule has 0 spiro atoms. The summed E-state index contributed by atoms with van der Waals surface area (Å²) in [4.78, 5) is 15.7. The zero-order chi connectivity index (χ0) is 18.9. The highest BCUT2D eigenvalue weighted by atomic mass is 127. The Hall–Kier alpha value is -1.65. The standard InChI is InChI=1S/C18H26F2N4O2.HI/c1-12-5-8-15(26-17(19)20)13(10-12)11-23-18(21-2)22-9-3-4-16(25)24-14-6-7-14;/h5,8,10,14,17H,3-4,6-7,9,11H2,1-2H3,(H,24,25)(H2,21,22,23);1H. The molecule has 0 heterocycles. The molecular formula is C18H27F2IN4O2. The zero-order valence-corrected chi connectivity index (χ0v) is 17.9. The van der Waals surface area contributed by atoms with Crippen LogP contribution in [0.3, 0.4) is 0 Å². The predicted octanol–water partition coefficient (Wildman–Crippen LogP) is 2.94. The van der Waals surface area contributed by atoms with Gasteiger partial charge in [0, 0.05) is 38.2 Å². The van der Waals surface area contributed by atoms with Gasteiger partial charge >= 0.3 is 6.61 Å². The number of amides is 1. The first kappa shape index (κ1) is 23.4. The van der Waals surface area contributed by atoms with Crippen molar-refractivity contribution in [1.82, 2.24) is 16.0 Å². The van der Waals surface area contributed by atoms with Gasteiger partial charge in [-0.05, 0) is 32.3 Å². The van der Waals surface area contributed by atoms with E-state index in [0.29, 0.717) is 43.5 Å². The highest BCUT2D eigenvalue weighted by Crippen LogP contribution is 2.22. The van der Waals surface area contributed by atoms with Crippen molar-refractivity contribution in [3.05, 3.63) is 29.3 Å². The highest BCUT2D eigenvalue weighted by Gasteiger charge is 2.22. The summed E-state index contributed by atoms with van der Waals surface area (Å²) in [5.74, 6) is 0.758. The molecule has 0 aliphatic heterocycles. The first-order chi connectivity index (χ1) is 12.5. The van der Waals surface area contributed by atoms with Crippen LogP contribution >= 0.6 is 24.0 Å². The fourth-order valence-electron chi connectivity index (χ4n) is 2.44. The Labute approximate surface area is 175 Å². The summed E-state index contributed by atoms with van der Waals surface area (Å²) in [5, 5.41) is 9.12. The fourth-order valence-corrected chi connectivity index (χ4v) is 2.44. The third-order valence-corrected chi connectivity index (χ3v) is 3.92. The van der Waals surface area contributed by atoms with E-state index in [0.717, 1.165) is 18.4 Å². The van der Waals surface area contributed by atoms with Gasteiger partial charge in [0.2, 0.25) is 5.91 Å². The second kappa shape index (κ2) is 11.9. The number of halogens is 3. The quantitative estimate of drug-likeness (QED) is 0.213. The third-order valence-electron chi connectivity index (χ3n) is 3.92. The number of rotatable bonds is 9. The van der Waals surface area contributed by atoms with Crippen LogP contribution < -0.4 is 20.7 Å². The molecule has 0 unspecified atom stereocenters. The molecule has 9 heteroatoms. The molecule has 27 heavy (non-hydrogen) atoms. The van der Waals surface area contributed by atoms with Crippen molar-refractivity contribution < 1.29 is 18.3 Å². The van der Waals surface area contributed by atoms with E-state index in [1.165, 1.54) is 6.07 Å². The number of nitrogens with zero attached hydrogens (tertiary/aromatic N) is 1. The molecule has 6 nitrogen and oxygen atoms in total. The molecule has 0 radical (unpaired) electrons. The minimum atomic E-state index is -2.87. The average molecular weight is 496 g/mol. The largest absolute Gasteiger partial charge is 0.434 e. The lowest BCUT2D eigenvalue weighted by atomic mass is 10.1. The van der Waals surface area contributed by atoms with Gasteiger partial charge in [0.05, 0.1) is 0 Å². The molecule has 1 aromatic carbocycles. The number of ether oxygens (including phenoxy) is 1. The Bertz CT molecular complexity index is 640. The van der Waals surface area contributed by atoms with Crippen molar-refractivity contribution in [1.29, 1.82) is 0 Å². The molecule has 0 saturated heterocycles. The van der Waals surface area contributed by atoms with Crippen molar-refractivity contribution in [2.45, 2.75) is 51.8 Å². The summed E-state index contributed by atoms with van der Waals surface area (Å²) in [6.07, 6.45) is 3.31. The van der Waals surface area contributed by atoms with Crippen molar-refractivity contribution in [2.24, 2.45) is 4.99 Å². The smallest absolute Gasteiger partial charge is 0.387 e. The predicted molar refractivity (Wildman–Crippen MR) is 112 cm³/mol. The maximum Gasteiger partial charge on any atom is 0.387 e. The number of nitrogens with one attached hydrogen (secondary N) is 3. The molecule has 1 amide bonds. The van der Waals surface area contributed by atoms with Gasteiger partial charge in [0.25, 0.3) is 0 Å². The van der Waals surface area contributed by atoms with Crippen molar-refractivity contribution in [3.63, 3.8) is 0 Å². The number of aliphatic imine (C=N–C) groups is 1. The van der Waals surface area contributed by atoms with Crippen LogP contribution in [0.25, 0.3) is 0 Å². The Morgan fingerprint density at radius 1 is 1.33 bits per heavy atom. The molecule has 1 aliphatic carbocycles. The molecule has 1 aromatic rings. The lowest BCUT2D eigenvalue weighted by molar-refractivity contribution is -0.121. The molecule has 2 rings (SSSR count). The van der Waals surface area contributed by atoms with Crippen LogP contribution in [0.4, 0.5) is 8.78 Å². The molecular weight excluding hydrogens is 469 g/mol. The molecule has 1 saturated carbocycles. The van der Waals surface area contributed by atoms with Gasteiger partial charge in [-0.25, -0.2) is 0 Å². The first-order valence-corrected chi connectivity index (χ1v) is 8.76. The van der Waals surface area contributed by atoms with Crippen molar-refractivity contribution in [3.8, 4) is 5.75 Å². The van der Waals surface area contributed by atoms with Crippen LogP contribution in [0.15, 0.2) is 23.2 Å². The fraction of sp³-hybridized carbons (Fsp3) is 0.556. The molecule has 0 atom stereocenters. The number of alkyl halides is 2. The topological polar surface area (TPSA) is 74.8 Å². The Kier molecular flexibility index (Phi) is 10.3. The number of aryl methyl sites for hydroxylation is 1. The minimum Gasteiger partial charge on any atom is -0.434 e. The average Bonchev–Trinajstić information content (AvgIpc) is 3.40.